The Kier molecular flexibility index (Phi) is 3.85. The molecule has 0 saturated heterocycles. The van der Waals surface area contributed by atoms with Crippen molar-refractivity contribution in [3.05, 3.63) is 9.66 Å². The standard InChI is InChI=1S/C9H16IN/c1-11(2)7-8-3-5-9(10)6-4-8/h5,8H,3-4,6-7H2,1-2H3. The van der Waals surface area contributed by atoms with Gasteiger partial charge in [0.05, 0.1) is 0 Å². The van der Waals surface area contributed by atoms with Crippen LogP contribution in [0.3, 0.4) is 0 Å². The summed E-state index contributed by atoms with van der Waals surface area (Å²) in [7, 11) is 4.31. The number of allylic oxidation sites excluding steroid dienone is 2. The lowest BCUT2D eigenvalue weighted by atomic mass is 9.94. The molecule has 0 N–H and O–H groups in total. The highest BCUT2D eigenvalue weighted by Crippen LogP contribution is 2.27. The molecule has 0 heterocycles. The molecule has 1 atom stereocenters. The van der Waals surface area contributed by atoms with E-state index < -0.39 is 0 Å². The molecular formula is C9H16IN. The van der Waals surface area contributed by atoms with Crippen LogP contribution in [0, 0.1) is 5.92 Å². The van der Waals surface area contributed by atoms with Gasteiger partial charge in [-0.15, -0.1) is 0 Å². The summed E-state index contributed by atoms with van der Waals surface area (Å²) in [5.41, 5.74) is 0. The number of nitrogens with zero attached hydrogens (tertiary/aromatic N) is 1. The molecule has 2 heteroatoms. The largest absolute Gasteiger partial charge is 0.309 e. The van der Waals surface area contributed by atoms with Crippen LogP contribution >= 0.6 is 22.6 Å². The highest BCUT2D eigenvalue weighted by molar-refractivity contribution is 14.1. The highest BCUT2D eigenvalue weighted by atomic mass is 127. The molecule has 64 valence electrons. The fourth-order valence-electron chi connectivity index (χ4n) is 1.54. The Hall–Kier alpha value is 0.430. The monoisotopic (exact) mass is 265 g/mol. The summed E-state index contributed by atoms with van der Waals surface area (Å²) in [6.45, 7) is 1.25. The van der Waals surface area contributed by atoms with Crippen molar-refractivity contribution in [2.24, 2.45) is 5.92 Å². The van der Waals surface area contributed by atoms with Gasteiger partial charge in [0.25, 0.3) is 0 Å². The van der Waals surface area contributed by atoms with Crippen LogP contribution in [0.4, 0.5) is 0 Å². The zero-order chi connectivity index (χ0) is 8.27. The molecular weight excluding hydrogens is 249 g/mol. The Labute approximate surface area is 83.0 Å². The van der Waals surface area contributed by atoms with E-state index in [1.165, 1.54) is 25.8 Å². The molecule has 0 saturated carbocycles. The van der Waals surface area contributed by atoms with Gasteiger partial charge in [-0.1, -0.05) is 6.08 Å². The van der Waals surface area contributed by atoms with Gasteiger partial charge in [-0.05, 0) is 65.4 Å². The molecule has 1 rings (SSSR count). The lowest BCUT2D eigenvalue weighted by molar-refractivity contribution is 0.309. The summed E-state index contributed by atoms with van der Waals surface area (Å²) in [4.78, 5) is 2.29. The zero-order valence-electron chi connectivity index (χ0n) is 7.31. The van der Waals surface area contributed by atoms with E-state index in [1.807, 2.05) is 0 Å². The second-order valence-corrected chi connectivity index (χ2v) is 4.94. The molecule has 0 aromatic rings. The molecule has 0 bridgehead atoms. The minimum Gasteiger partial charge on any atom is -0.309 e. The fraction of sp³-hybridized carbons (Fsp3) is 0.778. The van der Waals surface area contributed by atoms with Crippen molar-refractivity contribution in [3.8, 4) is 0 Å². The summed E-state index contributed by atoms with van der Waals surface area (Å²) in [6.07, 6.45) is 6.36. The number of hydrogen-bond acceptors (Lipinski definition) is 1. The van der Waals surface area contributed by atoms with Crippen molar-refractivity contribution in [2.45, 2.75) is 19.3 Å². The van der Waals surface area contributed by atoms with Gasteiger partial charge >= 0.3 is 0 Å². The smallest absolute Gasteiger partial charge is 0.000664 e. The first-order valence-electron chi connectivity index (χ1n) is 4.17. The van der Waals surface area contributed by atoms with E-state index in [4.69, 9.17) is 0 Å². The van der Waals surface area contributed by atoms with Crippen molar-refractivity contribution >= 4 is 22.6 Å². The van der Waals surface area contributed by atoms with Gasteiger partial charge in [0, 0.05) is 6.54 Å². The van der Waals surface area contributed by atoms with E-state index in [0.29, 0.717) is 0 Å². The Morgan fingerprint density at radius 3 is 2.82 bits per heavy atom. The summed E-state index contributed by atoms with van der Waals surface area (Å²) >= 11 is 2.45. The van der Waals surface area contributed by atoms with Crippen LogP contribution in [0.2, 0.25) is 0 Å². The van der Waals surface area contributed by atoms with E-state index >= 15 is 0 Å². The maximum atomic E-state index is 2.45. The molecule has 1 aliphatic carbocycles. The summed E-state index contributed by atoms with van der Waals surface area (Å²) in [5, 5.41) is 0. The molecule has 1 nitrogen and oxygen atoms in total. The van der Waals surface area contributed by atoms with Crippen molar-refractivity contribution in [1.29, 1.82) is 0 Å². The Balaban J connectivity index is 2.29. The van der Waals surface area contributed by atoms with Gasteiger partial charge in [-0.25, -0.2) is 0 Å². The molecule has 1 aliphatic rings. The van der Waals surface area contributed by atoms with Gasteiger partial charge in [0.1, 0.15) is 0 Å². The Morgan fingerprint density at radius 1 is 1.64 bits per heavy atom. The lowest BCUT2D eigenvalue weighted by Crippen LogP contribution is -2.22. The summed E-state index contributed by atoms with van der Waals surface area (Å²) < 4.78 is 1.55. The van der Waals surface area contributed by atoms with Crippen LogP contribution in [0.1, 0.15) is 19.3 Å². The van der Waals surface area contributed by atoms with E-state index in [-0.39, 0.29) is 0 Å². The van der Waals surface area contributed by atoms with Gasteiger partial charge in [-0.2, -0.15) is 0 Å². The van der Waals surface area contributed by atoms with Crippen LogP contribution in [-0.2, 0) is 0 Å². The van der Waals surface area contributed by atoms with Crippen molar-refractivity contribution in [1.82, 2.24) is 4.90 Å². The first-order chi connectivity index (χ1) is 5.18. The van der Waals surface area contributed by atoms with Gasteiger partial charge in [0.2, 0.25) is 0 Å². The second-order valence-electron chi connectivity index (χ2n) is 3.55. The van der Waals surface area contributed by atoms with Gasteiger partial charge in [0.15, 0.2) is 0 Å². The average molecular weight is 265 g/mol. The summed E-state index contributed by atoms with van der Waals surface area (Å²) in [5.74, 6) is 0.906. The van der Waals surface area contributed by atoms with Crippen LogP contribution in [0.25, 0.3) is 0 Å². The first kappa shape index (κ1) is 9.52. The number of hydrogen-bond donors (Lipinski definition) is 0. The molecule has 0 aliphatic heterocycles. The average Bonchev–Trinajstić information content (AvgIpc) is 1.93. The molecule has 0 fully saturated rings. The van der Waals surface area contributed by atoms with E-state index in [0.717, 1.165) is 5.92 Å². The molecule has 11 heavy (non-hydrogen) atoms. The minimum atomic E-state index is 0.906. The van der Waals surface area contributed by atoms with Gasteiger partial charge < -0.3 is 4.90 Å². The topological polar surface area (TPSA) is 3.24 Å². The maximum absolute atomic E-state index is 2.45. The quantitative estimate of drug-likeness (QED) is 0.694. The SMILES string of the molecule is CN(C)CC1CC=C(I)CC1. The van der Waals surface area contributed by atoms with E-state index in [2.05, 4.69) is 47.7 Å². The fourth-order valence-corrected chi connectivity index (χ4v) is 2.10. The third-order valence-corrected chi connectivity index (χ3v) is 3.07. The molecule has 0 amide bonds. The van der Waals surface area contributed by atoms with Crippen LogP contribution in [0.15, 0.2) is 9.66 Å². The normalized spacial score (nSPS) is 25.5. The third kappa shape index (κ3) is 3.56. The minimum absolute atomic E-state index is 0.906. The van der Waals surface area contributed by atoms with E-state index in [1.54, 1.807) is 3.58 Å². The summed E-state index contributed by atoms with van der Waals surface area (Å²) in [6, 6.07) is 0. The highest BCUT2D eigenvalue weighted by Gasteiger charge is 2.13. The lowest BCUT2D eigenvalue weighted by Gasteiger charge is -2.22. The van der Waals surface area contributed by atoms with Crippen molar-refractivity contribution < 1.29 is 0 Å². The third-order valence-electron chi connectivity index (χ3n) is 2.09. The van der Waals surface area contributed by atoms with E-state index in [9.17, 15) is 0 Å². The molecule has 1 unspecified atom stereocenters. The van der Waals surface area contributed by atoms with Crippen LogP contribution in [-0.4, -0.2) is 25.5 Å². The maximum Gasteiger partial charge on any atom is 0.000664 e. The van der Waals surface area contributed by atoms with Gasteiger partial charge in [-0.3, -0.25) is 0 Å². The molecule has 0 aromatic carbocycles. The Morgan fingerprint density at radius 2 is 2.36 bits per heavy atom. The second kappa shape index (κ2) is 4.45. The zero-order valence-corrected chi connectivity index (χ0v) is 9.47. The van der Waals surface area contributed by atoms with Crippen LogP contribution < -0.4 is 0 Å². The van der Waals surface area contributed by atoms with Crippen molar-refractivity contribution in [3.63, 3.8) is 0 Å². The Bertz CT molecular complexity index is 152. The van der Waals surface area contributed by atoms with Crippen LogP contribution in [0.5, 0.6) is 0 Å². The molecule has 0 aromatic heterocycles. The number of halogens is 1. The number of rotatable bonds is 2. The predicted molar refractivity (Wildman–Crippen MR) is 58.0 cm³/mol. The molecule has 0 radical (unpaired) electrons. The molecule has 0 spiro atoms. The van der Waals surface area contributed by atoms with Crippen molar-refractivity contribution in [2.75, 3.05) is 20.6 Å². The first-order valence-corrected chi connectivity index (χ1v) is 5.25. The predicted octanol–water partition coefficient (Wildman–Crippen LogP) is 2.67.